The minimum absolute atomic E-state index is 0.248. The second kappa shape index (κ2) is 5.56. The second-order valence-corrected chi connectivity index (χ2v) is 4.60. The monoisotopic (exact) mass is 259 g/mol. The van der Waals surface area contributed by atoms with Crippen molar-refractivity contribution in [2.24, 2.45) is 0 Å². The second-order valence-electron chi connectivity index (χ2n) is 4.60. The highest BCUT2D eigenvalue weighted by Crippen LogP contribution is 2.25. The van der Waals surface area contributed by atoms with Crippen LogP contribution in [0.15, 0.2) is 36.6 Å². The third-order valence-corrected chi connectivity index (χ3v) is 3.16. The zero-order chi connectivity index (χ0) is 13.8. The van der Waals surface area contributed by atoms with E-state index in [4.69, 9.17) is 5.73 Å². The molecule has 1 aromatic rings. The third kappa shape index (κ3) is 3.13. The maximum absolute atomic E-state index is 11.0. The molecule has 0 fully saturated rings. The van der Waals surface area contributed by atoms with Gasteiger partial charge in [0, 0.05) is 35.3 Å². The fourth-order valence-corrected chi connectivity index (χ4v) is 2.09. The fraction of sp³-hybridized carbons (Fsp3) is 0.286. The Morgan fingerprint density at radius 2 is 2.26 bits per heavy atom. The van der Waals surface area contributed by atoms with E-state index in [9.17, 15) is 10.1 Å². The topological polar surface area (TPSA) is 72.4 Å². The van der Waals surface area contributed by atoms with E-state index in [1.807, 2.05) is 42.4 Å². The molecule has 0 amide bonds. The van der Waals surface area contributed by atoms with Crippen LogP contribution in [0.5, 0.6) is 0 Å². The van der Waals surface area contributed by atoms with Gasteiger partial charge in [0.15, 0.2) is 0 Å². The Bertz CT molecular complexity index is 537. The Balaban J connectivity index is 2.44. The summed E-state index contributed by atoms with van der Waals surface area (Å²) in [5, 5.41) is 11.0. The maximum Gasteiger partial charge on any atom is 0.231 e. The minimum atomic E-state index is -0.651. The van der Waals surface area contributed by atoms with Crippen LogP contribution in [0.2, 0.25) is 0 Å². The molecule has 0 aromatic heterocycles. The molecule has 0 aliphatic carbocycles. The van der Waals surface area contributed by atoms with E-state index < -0.39 is 6.04 Å². The normalized spacial score (nSPS) is 22.4. The molecule has 1 aliphatic rings. The van der Waals surface area contributed by atoms with Gasteiger partial charge >= 0.3 is 0 Å². The molecule has 0 saturated heterocycles. The molecule has 19 heavy (non-hydrogen) atoms. The number of benzene rings is 1. The summed E-state index contributed by atoms with van der Waals surface area (Å²) in [4.78, 5) is 12.7. The van der Waals surface area contributed by atoms with E-state index in [1.165, 1.54) is 0 Å². The van der Waals surface area contributed by atoms with Crippen molar-refractivity contribution in [3.05, 3.63) is 52.2 Å². The summed E-state index contributed by atoms with van der Waals surface area (Å²) in [6.45, 7) is 0. The van der Waals surface area contributed by atoms with Crippen molar-refractivity contribution in [2.75, 3.05) is 17.7 Å². The average molecular weight is 259 g/mol. The number of nitrogen functional groups attached to an aromatic ring is 1. The van der Waals surface area contributed by atoms with Gasteiger partial charge in [0.25, 0.3) is 0 Å². The van der Waals surface area contributed by atoms with Crippen LogP contribution in [0, 0.1) is 10.1 Å². The Kier molecular flexibility index (Phi) is 3.85. The highest BCUT2D eigenvalue weighted by molar-refractivity contribution is 5.72. The first-order chi connectivity index (χ1) is 9.08. The van der Waals surface area contributed by atoms with Crippen LogP contribution < -0.4 is 10.6 Å². The summed E-state index contributed by atoms with van der Waals surface area (Å²) < 4.78 is 0. The Hall–Kier alpha value is -2.30. The first-order valence-electron chi connectivity index (χ1n) is 6.18. The van der Waals surface area contributed by atoms with E-state index in [0.717, 1.165) is 11.3 Å². The smallest absolute Gasteiger partial charge is 0.231 e. The van der Waals surface area contributed by atoms with Crippen LogP contribution in [0.4, 0.5) is 11.4 Å². The van der Waals surface area contributed by atoms with Crippen molar-refractivity contribution in [3.63, 3.8) is 0 Å². The summed E-state index contributed by atoms with van der Waals surface area (Å²) >= 11 is 0. The highest BCUT2D eigenvalue weighted by atomic mass is 16.6. The molecule has 5 heteroatoms. The lowest BCUT2D eigenvalue weighted by Gasteiger charge is -2.18. The van der Waals surface area contributed by atoms with Crippen LogP contribution in [0.3, 0.4) is 0 Å². The zero-order valence-electron chi connectivity index (χ0n) is 10.8. The lowest BCUT2D eigenvalue weighted by atomic mass is 10.1. The molecule has 2 rings (SSSR count). The SMILES string of the molecule is CN1/C=C/CCC([N+](=O)[O-])/C=C/c2cc(N)ccc21. The van der Waals surface area contributed by atoms with Crippen molar-refractivity contribution in [3.8, 4) is 0 Å². The first-order valence-corrected chi connectivity index (χ1v) is 6.18. The number of hydrogen-bond acceptors (Lipinski definition) is 4. The molecule has 100 valence electrons. The molecule has 0 spiro atoms. The number of allylic oxidation sites excluding steroid dienone is 1. The molecular formula is C14H17N3O2. The van der Waals surface area contributed by atoms with Gasteiger partial charge in [-0.2, -0.15) is 0 Å². The molecule has 0 saturated carbocycles. The van der Waals surface area contributed by atoms with Crippen LogP contribution >= 0.6 is 0 Å². The number of anilines is 2. The summed E-state index contributed by atoms with van der Waals surface area (Å²) in [6.07, 6.45) is 8.51. The Labute approximate surface area is 112 Å². The van der Waals surface area contributed by atoms with Crippen molar-refractivity contribution in [1.82, 2.24) is 0 Å². The quantitative estimate of drug-likeness (QED) is 0.478. The van der Waals surface area contributed by atoms with Gasteiger partial charge in [-0.3, -0.25) is 10.1 Å². The van der Waals surface area contributed by atoms with E-state index >= 15 is 0 Å². The molecule has 1 aromatic carbocycles. The van der Waals surface area contributed by atoms with Gasteiger partial charge in [-0.1, -0.05) is 12.2 Å². The lowest BCUT2D eigenvalue weighted by molar-refractivity contribution is -0.509. The van der Waals surface area contributed by atoms with Crippen molar-refractivity contribution < 1.29 is 4.92 Å². The molecular weight excluding hydrogens is 242 g/mol. The van der Waals surface area contributed by atoms with Crippen LogP contribution in [-0.4, -0.2) is 18.0 Å². The van der Waals surface area contributed by atoms with Crippen molar-refractivity contribution in [2.45, 2.75) is 18.9 Å². The van der Waals surface area contributed by atoms with Crippen LogP contribution in [0.25, 0.3) is 6.08 Å². The molecule has 1 heterocycles. The summed E-state index contributed by atoms with van der Waals surface area (Å²) in [7, 11) is 1.95. The van der Waals surface area contributed by atoms with Gasteiger partial charge in [-0.15, -0.1) is 0 Å². The number of fused-ring (bicyclic) bond motifs is 1. The number of nitro groups is 1. The van der Waals surface area contributed by atoms with Gasteiger partial charge in [-0.25, -0.2) is 0 Å². The van der Waals surface area contributed by atoms with Crippen molar-refractivity contribution in [1.29, 1.82) is 0 Å². The van der Waals surface area contributed by atoms with Gasteiger partial charge in [0.1, 0.15) is 0 Å². The molecule has 2 N–H and O–H groups in total. The summed E-state index contributed by atoms with van der Waals surface area (Å²) in [6, 6.07) is 4.92. The molecule has 0 bridgehead atoms. The highest BCUT2D eigenvalue weighted by Gasteiger charge is 2.16. The van der Waals surface area contributed by atoms with Crippen LogP contribution in [-0.2, 0) is 0 Å². The summed E-state index contributed by atoms with van der Waals surface area (Å²) in [5.41, 5.74) is 8.29. The van der Waals surface area contributed by atoms with E-state index in [2.05, 4.69) is 0 Å². The Morgan fingerprint density at radius 3 is 3.00 bits per heavy atom. The molecule has 0 radical (unpaired) electrons. The van der Waals surface area contributed by atoms with E-state index in [0.29, 0.717) is 18.5 Å². The van der Waals surface area contributed by atoms with Crippen LogP contribution in [0.1, 0.15) is 18.4 Å². The molecule has 1 unspecified atom stereocenters. The first kappa shape index (κ1) is 13.1. The number of nitrogens with two attached hydrogens (primary N) is 1. The third-order valence-electron chi connectivity index (χ3n) is 3.16. The molecule has 1 aliphatic heterocycles. The van der Waals surface area contributed by atoms with Gasteiger partial charge in [0.05, 0.1) is 0 Å². The molecule has 5 nitrogen and oxygen atoms in total. The predicted molar refractivity (Wildman–Crippen MR) is 77.4 cm³/mol. The Morgan fingerprint density at radius 1 is 1.47 bits per heavy atom. The van der Waals surface area contributed by atoms with Gasteiger partial charge in [-0.05, 0) is 36.9 Å². The van der Waals surface area contributed by atoms with Gasteiger partial charge in [0.2, 0.25) is 6.04 Å². The van der Waals surface area contributed by atoms with Gasteiger partial charge < -0.3 is 10.6 Å². The largest absolute Gasteiger partial charge is 0.399 e. The standard InChI is InChI=1S/C14H17N3O2/c1-16-9-3-2-4-13(17(18)19)7-5-11-10-12(15)6-8-14(11)16/h3,5-10,13H,2,4,15H2,1H3/b7-5+,9-3+. The average Bonchev–Trinajstić information content (AvgIpc) is 2.37. The number of hydrogen-bond donors (Lipinski definition) is 1. The predicted octanol–water partition coefficient (Wildman–Crippen LogP) is 2.67. The lowest BCUT2D eigenvalue weighted by Crippen LogP contribution is -2.17. The maximum atomic E-state index is 11.0. The number of rotatable bonds is 1. The minimum Gasteiger partial charge on any atom is -0.399 e. The fourth-order valence-electron chi connectivity index (χ4n) is 2.09. The summed E-state index contributed by atoms with van der Waals surface area (Å²) in [5.74, 6) is 0. The van der Waals surface area contributed by atoms with E-state index in [-0.39, 0.29) is 4.92 Å². The zero-order valence-corrected chi connectivity index (χ0v) is 10.8. The van der Waals surface area contributed by atoms with Crippen molar-refractivity contribution >= 4 is 17.5 Å². The van der Waals surface area contributed by atoms with E-state index in [1.54, 1.807) is 12.2 Å². The molecule has 1 atom stereocenters. The number of nitrogens with zero attached hydrogens (tertiary/aromatic N) is 2.